The summed E-state index contributed by atoms with van der Waals surface area (Å²) >= 11 is 0. The lowest BCUT2D eigenvalue weighted by Gasteiger charge is -2.34. The standard InChI is InChI=1S/C21H19F2N3O/c22-16-8-9-17(23)20-19(16)18(10-11-24-20)26-12-4-5-14(13-26)21(27)25-15-6-2-1-3-7-15/h1-3,6-11,14H,4-5,12-13H2,(H,25,27). The number of para-hydroxylation sites is 1. The fourth-order valence-corrected chi connectivity index (χ4v) is 3.62. The van der Waals surface area contributed by atoms with Gasteiger partial charge in [0.15, 0.2) is 0 Å². The molecule has 1 aromatic heterocycles. The van der Waals surface area contributed by atoms with Crippen LogP contribution >= 0.6 is 0 Å². The molecule has 138 valence electrons. The maximum atomic E-state index is 14.4. The Kier molecular flexibility index (Phi) is 4.71. The van der Waals surface area contributed by atoms with E-state index in [1.165, 1.54) is 6.20 Å². The van der Waals surface area contributed by atoms with Crippen LogP contribution in [0.4, 0.5) is 20.2 Å². The average molecular weight is 367 g/mol. The van der Waals surface area contributed by atoms with Crippen molar-refractivity contribution in [3.63, 3.8) is 0 Å². The van der Waals surface area contributed by atoms with Crippen LogP contribution in [0.3, 0.4) is 0 Å². The molecule has 0 saturated carbocycles. The van der Waals surface area contributed by atoms with Crippen molar-refractivity contribution in [2.45, 2.75) is 12.8 Å². The first kappa shape index (κ1) is 17.4. The topological polar surface area (TPSA) is 45.2 Å². The molecule has 4 rings (SSSR count). The van der Waals surface area contributed by atoms with E-state index in [0.29, 0.717) is 18.8 Å². The Morgan fingerprint density at radius 3 is 2.67 bits per heavy atom. The van der Waals surface area contributed by atoms with E-state index in [0.717, 1.165) is 30.7 Å². The molecular weight excluding hydrogens is 348 g/mol. The Balaban J connectivity index is 1.60. The molecule has 27 heavy (non-hydrogen) atoms. The number of anilines is 2. The minimum Gasteiger partial charge on any atom is -0.370 e. The van der Waals surface area contributed by atoms with Gasteiger partial charge >= 0.3 is 0 Å². The SMILES string of the molecule is O=C(Nc1ccccc1)C1CCCN(c2ccnc3c(F)ccc(F)c23)C1. The maximum absolute atomic E-state index is 14.4. The van der Waals surface area contributed by atoms with Gasteiger partial charge in [0.05, 0.1) is 17.0 Å². The Bertz CT molecular complexity index is 978. The molecule has 0 spiro atoms. The van der Waals surface area contributed by atoms with Crippen molar-refractivity contribution < 1.29 is 13.6 Å². The smallest absolute Gasteiger partial charge is 0.229 e. The van der Waals surface area contributed by atoms with E-state index in [4.69, 9.17) is 0 Å². The lowest BCUT2D eigenvalue weighted by molar-refractivity contribution is -0.120. The molecule has 3 aromatic rings. The van der Waals surface area contributed by atoms with Gasteiger partial charge in [0.1, 0.15) is 17.2 Å². The zero-order valence-electron chi connectivity index (χ0n) is 14.7. The summed E-state index contributed by atoms with van der Waals surface area (Å²) in [5.41, 5.74) is 1.35. The van der Waals surface area contributed by atoms with Gasteiger partial charge in [-0.25, -0.2) is 8.78 Å². The van der Waals surface area contributed by atoms with Crippen molar-refractivity contribution in [3.05, 3.63) is 66.4 Å². The molecule has 2 aromatic carbocycles. The third kappa shape index (κ3) is 3.47. The quantitative estimate of drug-likeness (QED) is 0.748. The third-order valence-electron chi connectivity index (χ3n) is 4.94. The van der Waals surface area contributed by atoms with Crippen LogP contribution in [-0.2, 0) is 4.79 Å². The number of hydrogen-bond donors (Lipinski definition) is 1. The molecule has 2 heterocycles. The number of hydrogen-bond acceptors (Lipinski definition) is 3. The number of carbonyl (C=O) groups excluding carboxylic acids is 1. The highest BCUT2D eigenvalue weighted by molar-refractivity contribution is 5.95. The number of aromatic nitrogens is 1. The summed E-state index contributed by atoms with van der Waals surface area (Å²) in [5.74, 6) is -1.34. The highest BCUT2D eigenvalue weighted by Crippen LogP contribution is 2.32. The van der Waals surface area contributed by atoms with Crippen LogP contribution in [0, 0.1) is 17.6 Å². The van der Waals surface area contributed by atoms with Crippen LogP contribution in [0.5, 0.6) is 0 Å². The van der Waals surface area contributed by atoms with Crippen LogP contribution in [0.1, 0.15) is 12.8 Å². The molecule has 1 N–H and O–H groups in total. The molecule has 4 nitrogen and oxygen atoms in total. The number of nitrogens with one attached hydrogen (secondary N) is 1. The van der Waals surface area contributed by atoms with E-state index < -0.39 is 11.6 Å². The van der Waals surface area contributed by atoms with Gasteiger partial charge in [-0.3, -0.25) is 9.78 Å². The maximum Gasteiger partial charge on any atom is 0.229 e. The lowest BCUT2D eigenvalue weighted by Crippen LogP contribution is -2.41. The van der Waals surface area contributed by atoms with Crippen molar-refractivity contribution in [3.8, 4) is 0 Å². The summed E-state index contributed by atoms with van der Waals surface area (Å²) in [7, 11) is 0. The van der Waals surface area contributed by atoms with Crippen LogP contribution in [0.2, 0.25) is 0 Å². The molecule has 1 aliphatic heterocycles. The summed E-state index contributed by atoms with van der Waals surface area (Å²) in [4.78, 5) is 18.6. The first-order valence-corrected chi connectivity index (χ1v) is 8.97. The Morgan fingerprint density at radius 2 is 1.85 bits per heavy atom. The Hall–Kier alpha value is -3.02. The molecule has 0 aliphatic carbocycles. The lowest BCUT2D eigenvalue weighted by atomic mass is 9.96. The van der Waals surface area contributed by atoms with E-state index in [1.807, 2.05) is 35.2 Å². The van der Waals surface area contributed by atoms with Crippen LogP contribution < -0.4 is 10.2 Å². The molecule has 0 bridgehead atoms. The van der Waals surface area contributed by atoms with Gasteiger partial charge in [-0.05, 0) is 43.2 Å². The summed E-state index contributed by atoms with van der Waals surface area (Å²) in [5, 5.41) is 3.10. The summed E-state index contributed by atoms with van der Waals surface area (Å²) in [6.07, 6.45) is 3.04. The highest BCUT2D eigenvalue weighted by Gasteiger charge is 2.27. The second kappa shape index (κ2) is 7.31. The van der Waals surface area contributed by atoms with E-state index >= 15 is 0 Å². The first-order chi connectivity index (χ1) is 13.1. The first-order valence-electron chi connectivity index (χ1n) is 8.97. The van der Waals surface area contributed by atoms with Crippen LogP contribution in [-0.4, -0.2) is 24.0 Å². The number of benzene rings is 2. The minimum atomic E-state index is -0.552. The highest BCUT2D eigenvalue weighted by atomic mass is 19.1. The van der Waals surface area contributed by atoms with E-state index in [9.17, 15) is 13.6 Å². The molecule has 6 heteroatoms. The fourth-order valence-electron chi connectivity index (χ4n) is 3.62. The molecular formula is C21H19F2N3O. The van der Waals surface area contributed by atoms with Gasteiger partial charge in [0.2, 0.25) is 5.91 Å². The van der Waals surface area contributed by atoms with Crippen molar-refractivity contribution in [1.29, 1.82) is 0 Å². The minimum absolute atomic E-state index is 0.0170. The van der Waals surface area contributed by atoms with Gasteiger partial charge in [0.25, 0.3) is 0 Å². The second-order valence-corrected chi connectivity index (χ2v) is 6.72. The van der Waals surface area contributed by atoms with Gasteiger partial charge in [0, 0.05) is 25.0 Å². The van der Waals surface area contributed by atoms with Crippen LogP contribution in [0.25, 0.3) is 10.9 Å². The zero-order chi connectivity index (χ0) is 18.8. The normalized spacial score (nSPS) is 17.1. The van der Waals surface area contributed by atoms with E-state index in [1.54, 1.807) is 6.07 Å². The summed E-state index contributed by atoms with van der Waals surface area (Å²) in [6.45, 7) is 1.14. The molecule has 0 radical (unpaired) electrons. The van der Waals surface area contributed by atoms with E-state index in [2.05, 4.69) is 10.3 Å². The Morgan fingerprint density at radius 1 is 1.07 bits per heavy atom. The molecule has 1 fully saturated rings. The molecule has 1 atom stereocenters. The average Bonchev–Trinajstić information content (AvgIpc) is 2.71. The number of amides is 1. The molecule has 1 saturated heterocycles. The number of halogens is 2. The summed E-state index contributed by atoms with van der Waals surface area (Å²) < 4.78 is 28.5. The number of pyridine rings is 1. The molecule has 1 unspecified atom stereocenters. The number of nitrogens with zero attached hydrogens (tertiary/aromatic N) is 2. The number of carbonyl (C=O) groups is 1. The summed E-state index contributed by atoms with van der Waals surface area (Å²) in [6, 6.07) is 13.2. The van der Waals surface area contributed by atoms with Crippen molar-refractivity contribution in [1.82, 2.24) is 4.98 Å². The number of rotatable bonds is 3. The third-order valence-corrected chi connectivity index (χ3v) is 4.94. The van der Waals surface area contributed by atoms with Crippen LogP contribution in [0.15, 0.2) is 54.7 Å². The number of piperidine rings is 1. The number of fused-ring (bicyclic) bond motifs is 1. The van der Waals surface area contributed by atoms with Gasteiger partial charge in [-0.15, -0.1) is 0 Å². The second-order valence-electron chi connectivity index (χ2n) is 6.72. The fraction of sp³-hybridized carbons (Fsp3) is 0.238. The predicted molar refractivity (Wildman–Crippen MR) is 102 cm³/mol. The Labute approximate surface area is 155 Å². The van der Waals surface area contributed by atoms with Crippen molar-refractivity contribution in [2.24, 2.45) is 5.92 Å². The predicted octanol–water partition coefficient (Wildman–Crippen LogP) is 4.37. The zero-order valence-corrected chi connectivity index (χ0v) is 14.7. The largest absolute Gasteiger partial charge is 0.370 e. The van der Waals surface area contributed by atoms with Gasteiger partial charge in [-0.1, -0.05) is 18.2 Å². The monoisotopic (exact) mass is 367 g/mol. The van der Waals surface area contributed by atoms with Gasteiger partial charge < -0.3 is 10.2 Å². The van der Waals surface area contributed by atoms with Gasteiger partial charge in [-0.2, -0.15) is 0 Å². The molecule has 1 aliphatic rings. The van der Waals surface area contributed by atoms with Crippen molar-refractivity contribution in [2.75, 3.05) is 23.3 Å². The molecule has 1 amide bonds. The van der Waals surface area contributed by atoms with Crippen molar-refractivity contribution >= 4 is 28.2 Å². The van der Waals surface area contributed by atoms with E-state index in [-0.39, 0.29) is 22.7 Å².